The largest absolute Gasteiger partial charge is 0.504 e. The van der Waals surface area contributed by atoms with E-state index in [-0.39, 0.29) is 16.3 Å². The van der Waals surface area contributed by atoms with Crippen molar-refractivity contribution in [2.75, 3.05) is 0 Å². The normalized spacial score (nSPS) is 10.4. The fraction of sp³-hybridized carbons (Fsp3) is 0. The van der Waals surface area contributed by atoms with Crippen LogP contribution in [0.5, 0.6) is 17.2 Å². The van der Waals surface area contributed by atoms with E-state index >= 15 is 0 Å². The molecule has 2 rings (SSSR count). The van der Waals surface area contributed by atoms with E-state index in [1.165, 1.54) is 18.2 Å². The molecular weight excluding hydrogens is 238 g/mol. The first-order valence-electron chi connectivity index (χ1n) is 4.93. The minimum atomic E-state index is -0.897. The number of hydrogen-bond acceptors (Lipinski definition) is 5. The lowest BCUT2D eigenvalue weighted by Crippen LogP contribution is -2.09. The molecule has 0 aliphatic carbocycles. The lowest BCUT2D eigenvalue weighted by molar-refractivity contribution is 0.1000. The molecule has 0 atom stereocenters. The Morgan fingerprint density at radius 2 is 1.72 bits per heavy atom. The van der Waals surface area contributed by atoms with Gasteiger partial charge in [0.2, 0.25) is 11.3 Å². The van der Waals surface area contributed by atoms with Crippen LogP contribution in [0.4, 0.5) is 0 Å². The van der Waals surface area contributed by atoms with Crippen LogP contribution in [0, 0.1) is 0 Å². The van der Waals surface area contributed by atoms with Gasteiger partial charge in [0, 0.05) is 5.56 Å². The highest BCUT2D eigenvalue weighted by Crippen LogP contribution is 2.32. The van der Waals surface area contributed by atoms with E-state index in [1.54, 1.807) is 0 Å². The third-order valence-electron chi connectivity index (χ3n) is 2.54. The van der Waals surface area contributed by atoms with E-state index in [0.717, 1.165) is 6.07 Å². The number of rotatable bonds is 1. The van der Waals surface area contributed by atoms with Crippen LogP contribution in [0.3, 0.4) is 0 Å². The lowest BCUT2D eigenvalue weighted by Gasteiger charge is -1.99. The number of amides is 1. The Morgan fingerprint density at radius 3 is 2.33 bits per heavy atom. The molecule has 1 amide bonds. The van der Waals surface area contributed by atoms with E-state index < -0.39 is 28.6 Å². The first-order chi connectivity index (χ1) is 8.41. The van der Waals surface area contributed by atoms with Gasteiger partial charge < -0.3 is 21.1 Å². The molecule has 0 saturated carbocycles. The fourth-order valence-electron chi connectivity index (χ4n) is 1.65. The Hall–Kier alpha value is -2.76. The van der Waals surface area contributed by atoms with Crippen LogP contribution in [0.1, 0.15) is 10.4 Å². The highest BCUT2D eigenvalue weighted by Gasteiger charge is 2.13. The lowest BCUT2D eigenvalue weighted by atomic mass is 10.1. The standard InChI is InChI=1S/C12H9NO5/c13-12(18)6-3-5-1-2-7(14)10(16)9(5)11(17)8(15)4-6/h1-4,14,16H,(H2,13,18)(H,15,17). The van der Waals surface area contributed by atoms with Crippen molar-refractivity contribution in [3.63, 3.8) is 0 Å². The van der Waals surface area contributed by atoms with Crippen LogP contribution in [0.2, 0.25) is 0 Å². The van der Waals surface area contributed by atoms with Gasteiger partial charge in [-0.05, 0) is 23.6 Å². The molecule has 2 aromatic rings. The molecule has 0 fully saturated rings. The topological polar surface area (TPSA) is 121 Å². The van der Waals surface area contributed by atoms with Crippen molar-refractivity contribution in [2.24, 2.45) is 5.73 Å². The molecule has 6 heteroatoms. The van der Waals surface area contributed by atoms with Gasteiger partial charge in [-0.2, -0.15) is 0 Å². The number of hydrogen-bond donors (Lipinski definition) is 4. The number of carbonyl (C=O) groups excluding carboxylic acids is 1. The second-order valence-corrected chi connectivity index (χ2v) is 3.72. The zero-order valence-electron chi connectivity index (χ0n) is 9.04. The molecule has 5 N–H and O–H groups in total. The Balaban J connectivity index is 3.08. The number of nitrogens with two attached hydrogens (primary N) is 1. The van der Waals surface area contributed by atoms with Gasteiger partial charge in [-0.1, -0.05) is 6.07 Å². The molecule has 0 radical (unpaired) electrons. The summed E-state index contributed by atoms with van der Waals surface area (Å²) in [6.07, 6.45) is 0. The van der Waals surface area contributed by atoms with Gasteiger partial charge in [0.1, 0.15) is 0 Å². The van der Waals surface area contributed by atoms with Crippen molar-refractivity contribution in [1.82, 2.24) is 0 Å². The first kappa shape index (κ1) is 11.7. The van der Waals surface area contributed by atoms with Crippen molar-refractivity contribution in [2.45, 2.75) is 0 Å². The SMILES string of the molecule is NC(=O)c1cc(O)c(=O)c2c(O)c(O)ccc2c1. The summed E-state index contributed by atoms with van der Waals surface area (Å²) in [6.45, 7) is 0. The van der Waals surface area contributed by atoms with Gasteiger partial charge in [-0.15, -0.1) is 0 Å². The van der Waals surface area contributed by atoms with Crippen LogP contribution in [0.15, 0.2) is 29.1 Å². The highest BCUT2D eigenvalue weighted by atomic mass is 16.3. The summed E-state index contributed by atoms with van der Waals surface area (Å²) in [5, 5.41) is 28.4. The van der Waals surface area contributed by atoms with Crippen molar-refractivity contribution in [3.05, 3.63) is 40.1 Å². The summed E-state index contributed by atoms with van der Waals surface area (Å²) >= 11 is 0. The van der Waals surface area contributed by atoms with E-state index in [1.807, 2.05) is 0 Å². The van der Waals surface area contributed by atoms with Crippen LogP contribution >= 0.6 is 0 Å². The molecule has 0 bridgehead atoms. The molecule has 0 spiro atoms. The number of aromatic hydroxyl groups is 3. The number of phenolic OH excluding ortho intramolecular Hbond substituents is 2. The number of fused-ring (bicyclic) bond motifs is 1. The molecule has 2 aromatic carbocycles. The summed E-state index contributed by atoms with van der Waals surface area (Å²) in [5.41, 5.74) is 4.11. The van der Waals surface area contributed by atoms with Crippen molar-refractivity contribution in [3.8, 4) is 17.2 Å². The van der Waals surface area contributed by atoms with Gasteiger partial charge in [-0.25, -0.2) is 0 Å². The Morgan fingerprint density at radius 1 is 1.06 bits per heavy atom. The van der Waals surface area contributed by atoms with Gasteiger partial charge in [0.05, 0.1) is 5.39 Å². The summed E-state index contributed by atoms with van der Waals surface area (Å²) in [6, 6.07) is 4.66. The predicted octanol–water partition coefficient (Wildman–Crippen LogP) is 0.416. The first-order valence-corrected chi connectivity index (χ1v) is 4.93. The number of carbonyl (C=O) groups is 1. The number of benzene rings is 1. The fourth-order valence-corrected chi connectivity index (χ4v) is 1.65. The van der Waals surface area contributed by atoms with Gasteiger partial charge in [0.15, 0.2) is 17.2 Å². The van der Waals surface area contributed by atoms with Crippen molar-refractivity contribution >= 4 is 16.7 Å². The monoisotopic (exact) mass is 247 g/mol. The summed E-state index contributed by atoms with van der Waals surface area (Å²) < 4.78 is 0. The van der Waals surface area contributed by atoms with E-state index in [9.17, 15) is 24.9 Å². The molecule has 0 saturated heterocycles. The maximum atomic E-state index is 11.8. The van der Waals surface area contributed by atoms with Gasteiger partial charge in [0.25, 0.3) is 0 Å². The third-order valence-corrected chi connectivity index (χ3v) is 2.54. The average Bonchev–Trinajstić information content (AvgIpc) is 2.43. The maximum Gasteiger partial charge on any atom is 0.248 e. The van der Waals surface area contributed by atoms with Crippen LogP contribution in [0.25, 0.3) is 10.8 Å². The average molecular weight is 247 g/mol. The van der Waals surface area contributed by atoms with Gasteiger partial charge in [-0.3, -0.25) is 9.59 Å². The van der Waals surface area contributed by atoms with E-state index in [0.29, 0.717) is 0 Å². The molecule has 0 aliphatic heterocycles. The summed E-state index contributed by atoms with van der Waals surface area (Å²) in [4.78, 5) is 22.9. The Bertz CT molecular complexity index is 724. The van der Waals surface area contributed by atoms with Crippen LogP contribution < -0.4 is 11.2 Å². The zero-order valence-corrected chi connectivity index (χ0v) is 9.04. The van der Waals surface area contributed by atoms with Crippen LogP contribution in [-0.2, 0) is 0 Å². The predicted molar refractivity (Wildman–Crippen MR) is 63.7 cm³/mol. The summed E-state index contributed by atoms with van der Waals surface area (Å²) in [5.74, 6) is -2.71. The van der Waals surface area contributed by atoms with E-state index in [4.69, 9.17) is 5.73 Å². The maximum absolute atomic E-state index is 11.8. The van der Waals surface area contributed by atoms with Crippen molar-refractivity contribution < 1.29 is 20.1 Å². The number of primary amides is 1. The quantitative estimate of drug-likeness (QED) is 0.544. The zero-order chi connectivity index (χ0) is 13.4. The van der Waals surface area contributed by atoms with E-state index in [2.05, 4.69) is 0 Å². The molecule has 92 valence electrons. The minimum Gasteiger partial charge on any atom is -0.504 e. The minimum absolute atomic E-state index is 0.0790. The van der Waals surface area contributed by atoms with Crippen molar-refractivity contribution in [1.29, 1.82) is 0 Å². The molecule has 0 aromatic heterocycles. The molecular formula is C12H9NO5. The molecule has 0 unspecified atom stereocenters. The molecule has 6 nitrogen and oxygen atoms in total. The second-order valence-electron chi connectivity index (χ2n) is 3.72. The molecule has 0 aliphatic rings. The molecule has 18 heavy (non-hydrogen) atoms. The van der Waals surface area contributed by atoms with Gasteiger partial charge >= 0.3 is 0 Å². The second kappa shape index (κ2) is 3.92. The Labute approximate surface area is 101 Å². The summed E-state index contributed by atoms with van der Waals surface area (Å²) in [7, 11) is 0. The number of phenols is 2. The van der Waals surface area contributed by atoms with Crippen LogP contribution in [-0.4, -0.2) is 21.2 Å². The highest BCUT2D eigenvalue weighted by molar-refractivity contribution is 5.98. The molecule has 0 heterocycles. The Kier molecular flexibility index (Phi) is 2.55. The third kappa shape index (κ3) is 1.69. The smallest absolute Gasteiger partial charge is 0.248 e.